The number of halogens is 1. The van der Waals surface area contributed by atoms with Crippen molar-refractivity contribution in [2.45, 2.75) is 16.7 Å². The van der Waals surface area contributed by atoms with Gasteiger partial charge in [0.2, 0.25) is 10.0 Å². The van der Waals surface area contributed by atoms with Crippen molar-refractivity contribution in [1.82, 2.24) is 4.31 Å². The van der Waals surface area contributed by atoms with Crippen molar-refractivity contribution in [1.29, 1.82) is 0 Å². The molecule has 1 amide bonds. The van der Waals surface area contributed by atoms with Crippen LogP contribution in [0.1, 0.15) is 5.56 Å². The van der Waals surface area contributed by atoms with E-state index in [1.54, 1.807) is 0 Å². The van der Waals surface area contributed by atoms with Crippen molar-refractivity contribution in [2.24, 2.45) is 0 Å². The van der Waals surface area contributed by atoms with Crippen LogP contribution in [-0.2, 0) is 29.1 Å². The molecule has 0 saturated carbocycles. The van der Waals surface area contributed by atoms with Crippen molar-refractivity contribution in [3.8, 4) is 0 Å². The number of nitrogens with one attached hydrogen (secondary N) is 1. The van der Waals surface area contributed by atoms with Gasteiger partial charge in [-0.3, -0.25) is 9.59 Å². The molecule has 0 aliphatic carbocycles. The fourth-order valence-corrected chi connectivity index (χ4v) is 5.68. The largest absolute Gasteiger partial charge is 0.455 e. The van der Waals surface area contributed by atoms with E-state index in [-0.39, 0.29) is 34.4 Å². The molecule has 1 saturated heterocycles. The minimum atomic E-state index is -3.83. The zero-order valence-electron chi connectivity index (χ0n) is 17.4. The minimum Gasteiger partial charge on any atom is -0.455 e. The van der Waals surface area contributed by atoms with Gasteiger partial charge in [-0.25, -0.2) is 8.42 Å². The summed E-state index contributed by atoms with van der Waals surface area (Å²) >= 11 is 7.44. The maximum absolute atomic E-state index is 12.9. The number of carbonyl (C=O) groups excluding carboxylic acids is 2. The number of aryl methyl sites for hydroxylation is 1. The van der Waals surface area contributed by atoms with Crippen LogP contribution in [0.3, 0.4) is 0 Å². The summed E-state index contributed by atoms with van der Waals surface area (Å²) in [5, 5.41) is 2.58. The molecule has 1 aliphatic rings. The fourth-order valence-electron chi connectivity index (χ4n) is 2.94. The number of benzene rings is 2. The van der Waals surface area contributed by atoms with Gasteiger partial charge in [0.25, 0.3) is 5.91 Å². The van der Waals surface area contributed by atoms with Crippen LogP contribution >= 0.6 is 23.4 Å². The standard InChI is InChI=1S/C21H23ClN2O6S2/c1-15-4-2-3-5-18(15)31-14-21(26)30-13-20(25)23-16-6-7-17(22)19(12-16)32(27,28)24-8-10-29-11-9-24/h2-7,12H,8-11,13-14H2,1H3,(H,23,25). The first-order chi connectivity index (χ1) is 15.3. The summed E-state index contributed by atoms with van der Waals surface area (Å²) in [4.78, 5) is 25.0. The molecule has 1 heterocycles. The van der Waals surface area contributed by atoms with Gasteiger partial charge < -0.3 is 14.8 Å². The van der Waals surface area contributed by atoms with Crippen LogP contribution in [0.2, 0.25) is 5.02 Å². The third-order valence-electron chi connectivity index (χ3n) is 4.61. The lowest BCUT2D eigenvalue weighted by Gasteiger charge is -2.26. The quantitative estimate of drug-likeness (QED) is 0.441. The number of hydrogen-bond donors (Lipinski definition) is 1. The lowest BCUT2D eigenvalue weighted by Crippen LogP contribution is -2.40. The summed E-state index contributed by atoms with van der Waals surface area (Å²) < 4.78 is 37.2. The lowest BCUT2D eigenvalue weighted by molar-refractivity contribution is -0.144. The fraction of sp³-hybridized carbons (Fsp3) is 0.333. The Labute approximate surface area is 196 Å². The van der Waals surface area contributed by atoms with Crippen molar-refractivity contribution < 1.29 is 27.5 Å². The van der Waals surface area contributed by atoms with Gasteiger partial charge in [0.15, 0.2) is 6.61 Å². The molecule has 0 unspecified atom stereocenters. The third kappa shape index (κ3) is 6.46. The van der Waals surface area contributed by atoms with Crippen LogP contribution in [0.5, 0.6) is 0 Å². The smallest absolute Gasteiger partial charge is 0.316 e. The Balaban J connectivity index is 1.55. The second-order valence-electron chi connectivity index (χ2n) is 6.92. The Morgan fingerprint density at radius 3 is 2.62 bits per heavy atom. The summed E-state index contributed by atoms with van der Waals surface area (Å²) in [6.07, 6.45) is 0. The molecular weight excluding hydrogens is 476 g/mol. The predicted octanol–water partition coefficient (Wildman–Crippen LogP) is 2.94. The second-order valence-corrected chi connectivity index (χ2v) is 10.3. The van der Waals surface area contributed by atoms with Crippen LogP contribution in [0, 0.1) is 6.92 Å². The molecule has 0 bridgehead atoms. The lowest BCUT2D eigenvalue weighted by atomic mass is 10.2. The maximum atomic E-state index is 12.9. The molecule has 0 spiro atoms. The van der Waals surface area contributed by atoms with E-state index >= 15 is 0 Å². The number of amides is 1. The zero-order chi connectivity index (χ0) is 23.1. The van der Waals surface area contributed by atoms with Crippen molar-refractivity contribution >= 4 is 50.9 Å². The van der Waals surface area contributed by atoms with Gasteiger partial charge in [0.1, 0.15) is 4.90 Å². The van der Waals surface area contributed by atoms with E-state index in [2.05, 4.69) is 5.32 Å². The molecule has 1 aliphatic heterocycles. The van der Waals surface area contributed by atoms with E-state index < -0.39 is 28.5 Å². The van der Waals surface area contributed by atoms with Crippen LogP contribution in [0.25, 0.3) is 0 Å². The summed E-state index contributed by atoms with van der Waals surface area (Å²) in [5.41, 5.74) is 1.28. The van der Waals surface area contributed by atoms with E-state index in [1.165, 1.54) is 34.3 Å². The second kappa shape index (κ2) is 11.2. The monoisotopic (exact) mass is 498 g/mol. The first kappa shape index (κ1) is 24.5. The van der Waals surface area contributed by atoms with E-state index in [1.807, 2.05) is 31.2 Å². The molecule has 1 N–H and O–H groups in total. The molecule has 1 fully saturated rings. The Morgan fingerprint density at radius 1 is 1.19 bits per heavy atom. The van der Waals surface area contributed by atoms with Crippen LogP contribution < -0.4 is 5.32 Å². The highest BCUT2D eigenvalue weighted by Gasteiger charge is 2.28. The van der Waals surface area contributed by atoms with E-state index in [9.17, 15) is 18.0 Å². The Kier molecular flexibility index (Phi) is 8.55. The highest BCUT2D eigenvalue weighted by Crippen LogP contribution is 2.28. The molecule has 3 rings (SSSR count). The summed E-state index contributed by atoms with van der Waals surface area (Å²) in [7, 11) is -3.83. The van der Waals surface area contributed by atoms with Gasteiger partial charge in [-0.05, 0) is 36.8 Å². The molecule has 11 heteroatoms. The molecule has 2 aromatic carbocycles. The molecule has 0 aromatic heterocycles. The molecule has 8 nitrogen and oxygen atoms in total. The Hall–Kier alpha value is -2.11. The average molecular weight is 499 g/mol. The molecule has 2 aromatic rings. The maximum Gasteiger partial charge on any atom is 0.316 e. The number of ether oxygens (including phenoxy) is 2. The van der Waals surface area contributed by atoms with Crippen LogP contribution in [0.4, 0.5) is 5.69 Å². The topological polar surface area (TPSA) is 102 Å². The summed E-state index contributed by atoms with van der Waals surface area (Å²) in [6.45, 7) is 2.53. The average Bonchev–Trinajstić information content (AvgIpc) is 2.79. The highest BCUT2D eigenvalue weighted by atomic mass is 35.5. The number of esters is 1. The number of carbonyl (C=O) groups is 2. The molecule has 0 radical (unpaired) electrons. The number of hydrogen-bond acceptors (Lipinski definition) is 7. The number of rotatable bonds is 8. The number of morpholine rings is 1. The van der Waals surface area contributed by atoms with Gasteiger partial charge in [0.05, 0.1) is 24.0 Å². The number of anilines is 1. The molecule has 0 atom stereocenters. The number of nitrogens with zero attached hydrogens (tertiary/aromatic N) is 1. The van der Waals surface area contributed by atoms with E-state index in [4.69, 9.17) is 21.1 Å². The normalized spacial score (nSPS) is 14.7. The first-order valence-electron chi connectivity index (χ1n) is 9.79. The zero-order valence-corrected chi connectivity index (χ0v) is 19.8. The van der Waals surface area contributed by atoms with E-state index in [0.29, 0.717) is 13.2 Å². The third-order valence-corrected chi connectivity index (χ3v) is 8.14. The molecular formula is C21H23ClN2O6S2. The predicted molar refractivity (Wildman–Crippen MR) is 123 cm³/mol. The highest BCUT2D eigenvalue weighted by molar-refractivity contribution is 8.00. The van der Waals surface area contributed by atoms with Crippen molar-refractivity contribution in [3.63, 3.8) is 0 Å². The van der Waals surface area contributed by atoms with Gasteiger partial charge in [0, 0.05) is 23.7 Å². The van der Waals surface area contributed by atoms with Crippen molar-refractivity contribution in [3.05, 3.63) is 53.1 Å². The van der Waals surface area contributed by atoms with E-state index in [0.717, 1.165) is 10.5 Å². The summed E-state index contributed by atoms with van der Waals surface area (Å²) in [5.74, 6) is -1.04. The number of sulfonamides is 1. The van der Waals surface area contributed by atoms with Gasteiger partial charge >= 0.3 is 5.97 Å². The molecule has 32 heavy (non-hydrogen) atoms. The minimum absolute atomic E-state index is 0.0501. The first-order valence-corrected chi connectivity index (χ1v) is 12.6. The Morgan fingerprint density at radius 2 is 1.91 bits per heavy atom. The SMILES string of the molecule is Cc1ccccc1SCC(=O)OCC(=O)Nc1ccc(Cl)c(S(=O)(=O)N2CCOCC2)c1. The summed E-state index contributed by atoms with van der Waals surface area (Å²) in [6, 6.07) is 11.8. The van der Waals surface area contributed by atoms with Gasteiger partial charge in [-0.2, -0.15) is 4.31 Å². The number of thioether (sulfide) groups is 1. The van der Waals surface area contributed by atoms with Crippen molar-refractivity contribution in [2.75, 3.05) is 44.0 Å². The van der Waals surface area contributed by atoms with Crippen LogP contribution in [0.15, 0.2) is 52.3 Å². The van der Waals surface area contributed by atoms with Gasteiger partial charge in [-0.1, -0.05) is 29.8 Å². The van der Waals surface area contributed by atoms with Gasteiger partial charge in [-0.15, -0.1) is 11.8 Å². The molecule has 172 valence electrons. The van der Waals surface area contributed by atoms with Crippen LogP contribution in [-0.4, -0.2) is 63.3 Å². The Bertz CT molecular complexity index is 1090.